The molecule has 0 saturated heterocycles. The van der Waals surface area contributed by atoms with E-state index in [2.05, 4.69) is 22.5 Å². The first-order valence-corrected chi connectivity index (χ1v) is 9.06. The van der Waals surface area contributed by atoms with Crippen molar-refractivity contribution in [3.8, 4) is 5.69 Å². The zero-order chi connectivity index (χ0) is 20.0. The number of nitrogen functional groups attached to an aromatic ring is 2. The van der Waals surface area contributed by atoms with Crippen LogP contribution in [0.5, 0.6) is 0 Å². The van der Waals surface area contributed by atoms with E-state index in [-0.39, 0.29) is 5.11 Å². The predicted octanol–water partition coefficient (Wildman–Crippen LogP) is 4.42. The molecule has 0 bridgehead atoms. The Labute approximate surface area is 176 Å². The molecule has 0 fully saturated rings. The normalized spacial score (nSPS) is 9.85. The molecule has 7 N–H and O–H groups in total. The van der Waals surface area contributed by atoms with Gasteiger partial charge in [-0.25, -0.2) is 4.98 Å². The van der Waals surface area contributed by atoms with Crippen molar-refractivity contribution in [3.63, 3.8) is 0 Å². The molecule has 0 aliphatic heterocycles. The van der Waals surface area contributed by atoms with Gasteiger partial charge in [0.25, 0.3) is 0 Å². The monoisotopic (exact) mass is 438 g/mol. The summed E-state index contributed by atoms with van der Waals surface area (Å²) in [6.45, 7) is 0. The Morgan fingerprint density at radius 2 is 1.48 bits per heavy atom. The fourth-order valence-corrected chi connectivity index (χ4v) is 2.73. The molecule has 2 aromatic carbocycles. The number of nitrogens with two attached hydrogens (primary N) is 3. The van der Waals surface area contributed by atoms with E-state index in [0.717, 1.165) is 11.4 Å². The maximum absolute atomic E-state index is 5.84. The van der Waals surface area contributed by atoms with Crippen LogP contribution in [0.1, 0.15) is 0 Å². The smallest absolute Gasteiger partial charge is 0.207 e. The summed E-state index contributed by atoms with van der Waals surface area (Å²) in [4.78, 5) is 3.98. The molecule has 0 spiro atoms. The SMILES string of the molecule is NC(=S)Nc1ccc(Cl)cc1.Nc1cc(N)n(-c2ccc(Cl)cc2)c(=S)n1. The lowest BCUT2D eigenvalue weighted by molar-refractivity contribution is 0.975. The number of rotatable bonds is 2. The summed E-state index contributed by atoms with van der Waals surface area (Å²) in [5.41, 5.74) is 18.3. The first-order chi connectivity index (χ1) is 12.8. The third-order valence-corrected chi connectivity index (χ3v) is 4.05. The van der Waals surface area contributed by atoms with Gasteiger partial charge in [-0.1, -0.05) is 23.2 Å². The average Bonchev–Trinajstić information content (AvgIpc) is 2.58. The Morgan fingerprint density at radius 1 is 0.963 bits per heavy atom. The second-order valence-electron chi connectivity index (χ2n) is 5.20. The standard InChI is InChI=1S/C10H9ClN4S.C7H7ClN2S/c11-6-1-3-7(4-2-6)15-9(13)5-8(12)14-10(15)16;8-5-1-3-6(4-2-5)10-7(9)11/h1-5H,13H2,(H2,12,14,16);1-4H,(H3,9,10,11). The first kappa shape index (κ1) is 20.9. The van der Waals surface area contributed by atoms with E-state index in [4.69, 9.17) is 52.6 Å². The predicted molar refractivity (Wildman–Crippen MR) is 120 cm³/mol. The summed E-state index contributed by atoms with van der Waals surface area (Å²) in [5, 5.41) is 4.38. The second-order valence-corrected chi connectivity index (χ2v) is 6.87. The van der Waals surface area contributed by atoms with E-state index in [1.165, 1.54) is 0 Å². The molecule has 1 heterocycles. The van der Waals surface area contributed by atoms with Crippen LogP contribution < -0.4 is 22.5 Å². The van der Waals surface area contributed by atoms with Gasteiger partial charge in [0, 0.05) is 27.5 Å². The zero-order valence-corrected chi connectivity index (χ0v) is 17.0. The number of halogens is 2. The number of hydrogen-bond donors (Lipinski definition) is 4. The Hall–Kier alpha value is -2.39. The summed E-state index contributed by atoms with van der Waals surface area (Å²) in [5.74, 6) is 0.757. The van der Waals surface area contributed by atoms with Crippen LogP contribution in [0.3, 0.4) is 0 Å². The maximum Gasteiger partial charge on any atom is 0.207 e. The van der Waals surface area contributed by atoms with Gasteiger partial charge in [-0.15, -0.1) is 0 Å². The van der Waals surface area contributed by atoms with Crippen molar-refractivity contribution in [3.05, 3.63) is 69.4 Å². The molecule has 0 radical (unpaired) electrons. The highest BCUT2D eigenvalue weighted by molar-refractivity contribution is 7.80. The number of nitrogens with zero attached hydrogens (tertiary/aromatic N) is 2. The number of benzene rings is 2. The van der Waals surface area contributed by atoms with Crippen LogP contribution in [0.2, 0.25) is 10.0 Å². The fourth-order valence-electron chi connectivity index (χ4n) is 2.04. The van der Waals surface area contributed by atoms with E-state index in [1.54, 1.807) is 34.9 Å². The molecule has 3 rings (SSSR count). The van der Waals surface area contributed by atoms with E-state index in [1.807, 2.05) is 24.3 Å². The van der Waals surface area contributed by atoms with Crippen LogP contribution in [-0.4, -0.2) is 14.7 Å². The summed E-state index contributed by atoms with van der Waals surface area (Å²) in [6, 6.07) is 15.8. The van der Waals surface area contributed by atoms with Gasteiger partial charge in [-0.3, -0.25) is 4.57 Å². The van der Waals surface area contributed by atoms with Crippen LogP contribution in [0, 0.1) is 4.77 Å². The molecule has 0 amide bonds. The van der Waals surface area contributed by atoms with Crippen molar-refractivity contribution in [2.24, 2.45) is 5.73 Å². The Balaban J connectivity index is 0.000000208. The highest BCUT2D eigenvalue weighted by Gasteiger charge is 2.03. The third-order valence-electron chi connectivity index (χ3n) is 3.17. The van der Waals surface area contributed by atoms with Crippen LogP contribution in [0.4, 0.5) is 17.3 Å². The minimum Gasteiger partial charge on any atom is -0.385 e. The summed E-state index contributed by atoms with van der Waals surface area (Å²) >= 11 is 21.2. The molecule has 0 unspecified atom stereocenters. The molecule has 0 atom stereocenters. The molecule has 6 nitrogen and oxygen atoms in total. The number of hydrogen-bond acceptors (Lipinski definition) is 5. The lowest BCUT2D eigenvalue weighted by atomic mass is 10.3. The molecule has 27 heavy (non-hydrogen) atoms. The Kier molecular flexibility index (Phi) is 7.37. The Morgan fingerprint density at radius 3 is 1.96 bits per heavy atom. The van der Waals surface area contributed by atoms with E-state index in [9.17, 15) is 0 Å². The Bertz CT molecular complexity index is 988. The molecule has 3 aromatic rings. The van der Waals surface area contributed by atoms with Crippen molar-refractivity contribution >= 4 is 70.1 Å². The number of nitrogens with one attached hydrogen (secondary N) is 1. The first-order valence-electron chi connectivity index (χ1n) is 7.49. The van der Waals surface area contributed by atoms with Gasteiger partial charge in [-0.2, -0.15) is 0 Å². The largest absolute Gasteiger partial charge is 0.385 e. The topological polar surface area (TPSA) is 108 Å². The van der Waals surface area contributed by atoms with Crippen molar-refractivity contribution in [2.75, 3.05) is 16.8 Å². The highest BCUT2D eigenvalue weighted by atomic mass is 35.5. The fraction of sp³-hybridized carbons (Fsp3) is 0. The van der Waals surface area contributed by atoms with Gasteiger partial charge in [-0.05, 0) is 73.0 Å². The van der Waals surface area contributed by atoms with Crippen LogP contribution >= 0.6 is 47.6 Å². The van der Waals surface area contributed by atoms with Crippen molar-refractivity contribution in [1.82, 2.24) is 9.55 Å². The molecule has 140 valence electrons. The summed E-state index contributed by atoms with van der Waals surface area (Å²) < 4.78 is 1.95. The van der Waals surface area contributed by atoms with Crippen molar-refractivity contribution < 1.29 is 0 Å². The average molecular weight is 439 g/mol. The minimum atomic E-state index is 0.257. The zero-order valence-electron chi connectivity index (χ0n) is 13.9. The van der Waals surface area contributed by atoms with Gasteiger partial charge in [0.1, 0.15) is 11.6 Å². The number of thiocarbonyl (C=S) groups is 1. The lowest BCUT2D eigenvalue weighted by Gasteiger charge is -2.10. The lowest BCUT2D eigenvalue weighted by Crippen LogP contribution is -2.18. The number of aromatic nitrogens is 2. The molecular weight excluding hydrogens is 423 g/mol. The van der Waals surface area contributed by atoms with E-state index >= 15 is 0 Å². The third kappa shape index (κ3) is 6.37. The van der Waals surface area contributed by atoms with Crippen molar-refractivity contribution in [2.45, 2.75) is 0 Å². The van der Waals surface area contributed by atoms with E-state index in [0.29, 0.717) is 26.5 Å². The van der Waals surface area contributed by atoms with E-state index < -0.39 is 0 Å². The maximum atomic E-state index is 5.84. The summed E-state index contributed by atoms with van der Waals surface area (Å²) in [6.07, 6.45) is 0. The molecule has 10 heteroatoms. The molecule has 0 aliphatic carbocycles. The van der Waals surface area contributed by atoms with Crippen LogP contribution in [-0.2, 0) is 0 Å². The minimum absolute atomic E-state index is 0.257. The molecule has 1 aromatic heterocycles. The molecule has 0 saturated carbocycles. The second kappa shape index (κ2) is 9.52. The number of anilines is 3. The van der Waals surface area contributed by atoms with Gasteiger partial charge in [0.05, 0.1) is 0 Å². The quantitative estimate of drug-likeness (QED) is 0.438. The van der Waals surface area contributed by atoms with Gasteiger partial charge < -0.3 is 22.5 Å². The van der Waals surface area contributed by atoms with Crippen LogP contribution in [0.25, 0.3) is 5.69 Å². The van der Waals surface area contributed by atoms with Gasteiger partial charge in [0.15, 0.2) is 5.11 Å². The van der Waals surface area contributed by atoms with Gasteiger partial charge in [0.2, 0.25) is 4.77 Å². The van der Waals surface area contributed by atoms with Crippen molar-refractivity contribution in [1.29, 1.82) is 0 Å². The van der Waals surface area contributed by atoms with Gasteiger partial charge >= 0.3 is 0 Å². The summed E-state index contributed by atoms with van der Waals surface area (Å²) in [7, 11) is 0. The van der Waals surface area contributed by atoms with Crippen LogP contribution in [0.15, 0.2) is 54.6 Å². The molecular formula is C17H16Cl2N6S2. The highest BCUT2D eigenvalue weighted by Crippen LogP contribution is 2.18. The molecule has 0 aliphatic rings.